The molecule has 6 heteroatoms. The number of piperazine rings is 1. The number of carbonyl (C=O) groups is 1. The van der Waals surface area contributed by atoms with Crippen molar-refractivity contribution in [3.63, 3.8) is 0 Å². The molecule has 1 fully saturated rings. The molecule has 6 nitrogen and oxygen atoms in total. The number of nitro groups is 1. The number of rotatable bonds is 3. The molecule has 0 aromatic heterocycles. The van der Waals surface area contributed by atoms with Gasteiger partial charge in [-0.2, -0.15) is 0 Å². The summed E-state index contributed by atoms with van der Waals surface area (Å²) in [5, 5.41) is 10.8. The molecule has 1 aromatic rings. The smallest absolute Gasteiger partial charge is 0.270 e. The molecule has 0 spiro atoms. The monoisotopic (exact) mass is 277 g/mol. The highest BCUT2D eigenvalue weighted by molar-refractivity contribution is 5.86. The van der Waals surface area contributed by atoms with E-state index in [0.29, 0.717) is 11.8 Å². The first-order valence-electron chi connectivity index (χ1n) is 6.55. The summed E-state index contributed by atoms with van der Waals surface area (Å²) in [5.74, 6) is 0. The Bertz CT molecular complexity index is 542. The van der Waals surface area contributed by atoms with Gasteiger partial charge in [-0.3, -0.25) is 19.8 Å². The number of aldehydes is 1. The van der Waals surface area contributed by atoms with E-state index in [1.807, 2.05) is 0 Å². The van der Waals surface area contributed by atoms with E-state index in [0.717, 1.165) is 25.3 Å². The Labute approximate surface area is 118 Å². The predicted molar refractivity (Wildman–Crippen MR) is 77.4 cm³/mol. The molecule has 0 bridgehead atoms. The molecule has 0 aliphatic carbocycles. The van der Waals surface area contributed by atoms with Crippen molar-refractivity contribution in [2.45, 2.75) is 19.4 Å². The average molecular weight is 277 g/mol. The molecule has 0 N–H and O–H groups in total. The Morgan fingerprint density at radius 3 is 2.60 bits per heavy atom. The van der Waals surface area contributed by atoms with Gasteiger partial charge >= 0.3 is 0 Å². The van der Waals surface area contributed by atoms with Crippen molar-refractivity contribution >= 4 is 17.7 Å². The van der Waals surface area contributed by atoms with Crippen LogP contribution in [0.5, 0.6) is 0 Å². The van der Waals surface area contributed by atoms with Crippen molar-refractivity contribution < 1.29 is 9.72 Å². The fourth-order valence-electron chi connectivity index (χ4n) is 2.48. The number of carbonyl (C=O) groups excluding carboxylic acids is 1. The van der Waals surface area contributed by atoms with Gasteiger partial charge in [0.25, 0.3) is 5.69 Å². The summed E-state index contributed by atoms with van der Waals surface area (Å²) in [6.07, 6.45) is 0.688. The zero-order valence-corrected chi connectivity index (χ0v) is 12.0. The highest BCUT2D eigenvalue weighted by Crippen LogP contribution is 2.28. The summed E-state index contributed by atoms with van der Waals surface area (Å²) in [7, 11) is 2.08. The van der Waals surface area contributed by atoms with E-state index >= 15 is 0 Å². The predicted octanol–water partition coefficient (Wildman–Crippen LogP) is 1.94. The highest BCUT2D eigenvalue weighted by Gasteiger charge is 2.32. The van der Waals surface area contributed by atoms with Crippen LogP contribution in [-0.2, 0) is 0 Å². The largest absolute Gasteiger partial charge is 0.368 e. The number of likely N-dealkylation sites (N-methyl/N-ethyl adjacent to an activating group) is 1. The minimum absolute atomic E-state index is 0.000178. The Morgan fingerprint density at radius 2 is 2.05 bits per heavy atom. The summed E-state index contributed by atoms with van der Waals surface area (Å²) in [4.78, 5) is 25.9. The van der Waals surface area contributed by atoms with Gasteiger partial charge in [0.05, 0.1) is 4.92 Å². The van der Waals surface area contributed by atoms with Crippen molar-refractivity contribution in [2.75, 3.05) is 31.6 Å². The zero-order chi connectivity index (χ0) is 14.9. The molecule has 20 heavy (non-hydrogen) atoms. The standard InChI is InChI=1S/C14H19N3O3/c1-14(2)10-16(7-6-15(14)3)13-5-4-12(17(19)20)8-11(13)9-18/h4-5,8-9H,6-7,10H2,1-3H3. The third-order valence-electron chi connectivity index (χ3n) is 4.01. The van der Waals surface area contributed by atoms with Crippen molar-refractivity contribution in [3.05, 3.63) is 33.9 Å². The molecule has 0 saturated carbocycles. The van der Waals surface area contributed by atoms with E-state index in [1.54, 1.807) is 6.07 Å². The first-order chi connectivity index (χ1) is 9.35. The van der Waals surface area contributed by atoms with Crippen LogP contribution in [0.1, 0.15) is 24.2 Å². The lowest BCUT2D eigenvalue weighted by Crippen LogP contribution is -2.57. The molecule has 0 radical (unpaired) electrons. The quantitative estimate of drug-likeness (QED) is 0.480. The minimum Gasteiger partial charge on any atom is -0.368 e. The lowest BCUT2D eigenvalue weighted by atomic mass is 9.98. The Hall–Kier alpha value is -1.95. The lowest BCUT2D eigenvalue weighted by Gasteiger charge is -2.46. The first kappa shape index (κ1) is 14.5. The maximum atomic E-state index is 11.2. The van der Waals surface area contributed by atoms with Gasteiger partial charge in [-0.25, -0.2) is 0 Å². The Morgan fingerprint density at radius 1 is 1.35 bits per heavy atom. The number of non-ortho nitro benzene ring substituents is 1. The van der Waals surface area contributed by atoms with Gasteiger partial charge < -0.3 is 4.90 Å². The molecule has 2 rings (SSSR count). The fourth-order valence-corrected chi connectivity index (χ4v) is 2.48. The van der Waals surface area contributed by atoms with Crippen molar-refractivity contribution in [1.82, 2.24) is 4.90 Å². The Balaban J connectivity index is 2.33. The highest BCUT2D eigenvalue weighted by atomic mass is 16.6. The van der Waals surface area contributed by atoms with Gasteiger partial charge in [0, 0.05) is 48.6 Å². The summed E-state index contributed by atoms with van der Waals surface area (Å²) in [5.41, 5.74) is 1.09. The van der Waals surface area contributed by atoms with Crippen LogP contribution in [0.15, 0.2) is 18.2 Å². The topological polar surface area (TPSA) is 66.7 Å². The Kier molecular flexibility index (Phi) is 3.76. The van der Waals surface area contributed by atoms with Gasteiger partial charge in [-0.15, -0.1) is 0 Å². The van der Waals surface area contributed by atoms with Crippen molar-refractivity contribution in [1.29, 1.82) is 0 Å². The van der Waals surface area contributed by atoms with Crippen LogP contribution in [-0.4, -0.2) is 48.3 Å². The average Bonchev–Trinajstić information content (AvgIpc) is 2.41. The van der Waals surface area contributed by atoms with E-state index in [9.17, 15) is 14.9 Å². The van der Waals surface area contributed by atoms with Gasteiger partial charge in [-0.05, 0) is 27.0 Å². The zero-order valence-electron chi connectivity index (χ0n) is 12.0. The van der Waals surface area contributed by atoms with Crippen LogP contribution in [0.3, 0.4) is 0 Å². The molecule has 1 aromatic carbocycles. The number of hydrogen-bond donors (Lipinski definition) is 0. The molecule has 0 atom stereocenters. The molecule has 1 aliphatic heterocycles. The normalized spacial score (nSPS) is 18.9. The van der Waals surface area contributed by atoms with E-state index in [2.05, 4.69) is 30.7 Å². The van der Waals surface area contributed by atoms with Crippen LogP contribution in [0.4, 0.5) is 11.4 Å². The van der Waals surface area contributed by atoms with Gasteiger partial charge in [0.2, 0.25) is 0 Å². The van der Waals surface area contributed by atoms with E-state index in [1.165, 1.54) is 12.1 Å². The van der Waals surface area contributed by atoms with Gasteiger partial charge in [0.1, 0.15) is 0 Å². The first-order valence-corrected chi connectivity index (χ1v) is 6.55. The second kappa shape index (κ2) is 5.20. The third kappa shape index (κ3) is 2.65. The molecular weight excluding hydrogens is 258 g/mol. The molecule has 1 heterocycles. The summed E-state index contributed by atoms with van der Waals surface area (Å²) in [6, 6.07) is 4.46. The van der Waals surface area contributed by atoms with E-state index < -0.39 is 4.92 Å². The number of nitrogens with zero attached hydrogens (tertiary/aromatic N) is 3. The number of benzene rings is 1. The third-order valence-corrected chi connectivity index (χ3v) is 4.01. The van der Waals surface area contributed by atoms with Crippen LogP contribution in [0, 0.1) is 10.1 Å². The van der Waals surface area contributed by atoms with Crippen LogP contribution in [0.25, 0.3) is 0 Å². The molecule has 1 aliphatic rings. The number of nitro benzene ring substituents is 1. The summed E-state index contributed by atoms with van der Waals surface area (Å²) >= 11 is 0. The van der Waals surface area contributed by atoms with E-state index in [-0.39, 0.29) is 11.2 Å². The lowest BCUT2D eigenvalue weighted by molar-refractivity contribution is -0.384. The number of anilines is 1. The van der Waals surface area contributed by atoms with Gasteiger partial charge in [0.15, 0.2) is 6.29 Å². The van der Waals surface area contributed by atoms with Crippen LogP contribution < -0.4 is 4.90 Å². The second-order valence-corrected chi connectivity index (χ2v) is 5.77. The van der Waals surface area contributed by atoms with Crippen molar-refractivity contribution in [2.24, 2.45) is 0 Å². The maximum absolute atomic E-state index is 11.2. The van der Waals surface area contributed by atoms with Crippen LogP contribution >= 0.6 is 0 Å². The molecule has 108 valence electrons. The molecule has 0 amide bonds. The molecular formula is C14H19N3O3. The maximum Gasteiger partial charge on any atom is 0.270 e. The number of hydrogen-bond acceptors (Lipinski definition) is 5. The SMILES string of the molecule is CN1CCN(c2ccc([N+](=O)[O-])cc2C=O)CC1(C)C. The minimum atomic E-state index is -0.481. The van der Waals surface area contributed by atoms with E-state index in [4.69, 9.17) is 0 Å². The fraction of sp³-hybridized carbons (Fsp3) is 0.500. The van der Waals surface area contributed by atoms with Crippen molar-refractivity contribution in [3.8, 4) is 0 Å². The van der Waals surface area contributed by atoms with Crippen LogP contribution in [0.2, 0.25) is 0 Å². The molecule has 1 saturated heterocycles. The van der Waals surface area contributed by atoms with Gasteiger partial charge in [-0.1, -0.05) is 0 Å². The summed E-state index contributed by atoms with van der Waals surface area (Å²) in [6.45, 7) is 6.76. The molecule has 0 unspecified atom stereocenters. The second-order valence-electron chi connectivity index (χ2n) is 5.77. The summed E-state index contributed by atoms with van der Waals surface area (Å²) < 4.78 is 0.